The zero-order valence-corrected chi connectivity index (χ0v) is 9.61. The van der Waals surface area contributed by atoms with Crippen molar-refractivity contribution in [3.63, 3.8) is 0 Å². The first-order valence-electron chi connectivity index (χ1n) is 5.17. The van der Waals surface area contributed by atoms with Crippen LogP contribution in [0.5, 0.6) is 5.75 Å². The van der Waals surface area contributed by atoms with Crippen LogP contribution in [0.25, 0.3) is 0 Å². The van der Waals surface area contributed by atoms with E-state index in [-0.39, 0.29) is 22.3 Å². The van der Waals surface area contributed by atoms with Gasteiger partial charge in [0.05, 0.1) is 17.3 Å². The molecule has 1 N–H and O–H groups in total. The van der Waals surface area contributed by atoms with Crippen molar-refractivity contribution >= 4 is 9.84 Å². The number of aromatic hydroxyl groups is 1. The third-order valence-electron chi connectivity index (χ3n) is 2.67. The Bertz CT molecular complexity index is 443. The molecule has 0 bridgehead atoms. The SMILES string of the molecule is O=S(=O)(C[C@@H]1CCOC1)c1ccc(O)cc1. The molecule has 5 heteroatoms. The maximum atomic E-state index is 12.0. The van der Waals surface area contributed by atoms with E-state index in [2.05, 4.69) is 0 Å². The third kappa shape index (κ3) is 2.54. The number of ether oxygens (including phenoxy) is 1. The fraction of sp³-hybridized carbons (Fsp3) is 0.455. The summed E-state index contributed by atoms with van der Waals surface area (Å²) in [5, 5.41) is 9.09. The zero-order chi connectivity index (χ0) is 11.6. The van der Waals surface area contributed by atoms with Crippen LogP contribution in [0.3, 0.4) is 0 Å². The molecule has 1 aromatic rings. The van der Waals surface area contributed by atoms with Crippen molar-refractivity contribution in [2.75, 3.05) is 19.0 Å². The van der Waals surface area contributed by atoms with Gasteiger partial charge in [-0.2, -0.15) is 0 Å². The topological polar surface area (TPSA) is 63.6 Å². The van der Waals surface area contributed by atoms with Gasteiger partial charge >= 0.3 is 0 Å². The summed E-state index contributed by atoms with van der Waals surface area (Å²) in [6.45, 7) is 1.17. The molecule has 0 radical (unpaired) electrons. The molecule has 1 aliphatic heterocycles. The normalized spacial score (nSPS) is 21.1. The standard InChI is InChI=1S/C11H14O4S/c12-10-1-3-11(4-2-10)16(13,14)8-9-5-6-15-7-9/h1-4,9,12H,5-8H2/t9-/m1/s1. The molecule has 1 heterocycles. The molecule has 0 aliphatic carbocycles. The number of sulfone groups is 1. The maximum absolute atomic E-state index is 12.0. The summed E-state index contributed by atoms with van der Waals surface area (Å²) in [6.07, 6.45) is 0.803. The smallest absolute Gasteiger partial charge is 0.178 e. The molecule has 1 atom stereocenters. The van der Waals surface area contributed by atoms with Crippen molar-refractivity contribution in [3.05, 3.63) is 24.3 Å². The molecular weight excluding hydrogens is 228 g/mol. The van der Waals surface area contributed by atoms with Crippen LogP contribution < -0.4 is 0 Å². The number of phenols is 1. The predicted molar refractivity (Wildman–Crippen MR) is 59.1 cm³/mol. The van der Waals surface area contributed by atoms with E-state index < -0.39 is 9.84 Å². The van der Waals surface area contributed by atoms with Crippen LogP contribution in [0.1, 0.15) is 6.42 Å². The number of benzene rings is 1. The van der Waals surface area contributed by atoms with Crippen molar-refractivity contribution < 1.29 is 18.3 Å². The molecule has 0 saturated carbocycles. The summed E-state index contributed by atoms with van der Waals surface area (Å²) in [5.41, 5.74) is 0. The van der Waals surface area contributed by atoms with Gasteiger partial charge in [0, 0.05) is 6.61 Å². The Hall–Kier alpha value is -1.07. The Morgan fingerprint density at radius 1 is 1.31 bits per heavy atom. The zero-order valence-electron chi connectivity index (χ0n) is 8.80. The van der Waals surface area contributed by atoms with E-state index in [1.807, 2.05) is 0 Å². The van der Waals surface area contributed by atoms with Gasteiger partial charge in [0.15, 0.2) is 9.84 Å². The largest absolute Gasteiger partial charge is 0.508 e. The van der Waals surface area contributed by atoms with E-state index in [9.17, 15) is 8.42 Å². The molecule has 1 aliphatic rings. The van der Waals surface area contributed by atoms with Gasteiger partial charge in [0.25, 0.3) is 0 Å². The van der Waals surface area contributed by atoms with Gasteiger partial charge in [0.2, 0.25) is 0 Å². The first kappa shape index (κ1) is 11.4. The van der Waals surface area contributed by atoms with Crippen LogP contribution in [0, 0.1) is 5.92 Å². The fourth-order valence-corrected chi connectivity index (χ4v) is 3.40. The highest BCUT2D eigenvalue weighted by molar-refractivity contribution is 7.91. The van der Waals surface area contributed by atoms with E-state index >= 15 is 0 Å². The lowest BCUT2D eigenvalue weighted by Crippen LogP contribution is -2.16. The summed E-state index contributed by atoms with van der Waals surface area (Å²) in [7, 11) is -3.25. The molecule has 1 saturated heterocycles. The molecule has 4 nitrogen and oxygen atoms in total. The Labute approximate surface area is 94.8 Å². The minimum atomic E-state index is -3.25. The van der Waals surface area contributed by atoms with E-state index in [1.165, 1.54) is 24.3 Å². The number of hydrogen-bond donors (Lipinski definition) is 1. The molecule has 88 valence electrons. The van der Waals surface area contributed by atoms with Crippen LogP contribution in [-0.4, -0.2) is 32.5 Å². The molecule has 0 amide bonds. The maximum Gasteiger partial charge on any atom is 0.178 e. The molecule has 0 spiro atoms. The highest BCUT2D eigenvalue weighted by Crippen LogP contribution is 2.21. The first-order chi connectivity index (χ1) is 7.58. The molecular formula is C11H14O4S. The van der Waals surface area contributed by atoms with Crippen LogP contribution >= 0.6 is 0 Å². The number of hydrogen-bond acceptors (Lipinski definition) is 4. The summed E-state index contributed by atoms with van der Waals surface area (Å²) >= 11 is 0. The van der Waals surface area contributed by atoms with Gasteiger partial charge in [0.1, 0.15) is 5.75 Å². The quantitative estimate of drug-likeness (QED) is 0.865. The molecule has 1 fully saturated rings. The second kappa shape index (κ2) is 4.43. The van der Waals surface area contributed by atoms with Crippen LogP contribution in [-0.2, 0) is 14.6 Å². The number of rotatable bonds is 3. The van der Waals surface area contributed by atoms with Crippen molar-refractivity contribution in [2.24, 2.45) is 5.92 Å². The molecule has 1 aromatic carbocycles. The van der Waals surface area contributed by atoms with E-state index in [1.54, 1.807) is 0 Å². The molecule has 16 heavy (non-hydrogen) atoms. The average molecular weight is 242 g/mol. The van der Waals surface area contributed by atoms with Crippen molar-refractivity contribution in [1.82, 2.24) is 0 Å². The highest BCUT2D eigenvalue weighted by Gasteiger charge is 2.24. The van der Waals surface area contributed by atoms with Crippen LogP contribution in [0.2, 0.25) is 0 Å². The second-order valence-corrected chi connectivity index (χ2v) is 6.04. The van der Waals surface area contributed by atoms with Gasteiger partial charge in [-0.1, -0.05) is 0 Å². The average Bonchev–Trinajstić information content (AvgIpc) is 2.70. The molecule has 0 aromatic heterocycles. The Morgan fingerprint density at radius 3 is 2.56 bits per heavy atom. The van der Waals surface area contributed by atoms with Crippen molar-refractivity contribution in [2.45, 2.75) is 11.3 Å². The fourth-order valence-electron chi connectivity index (χ4n) is 1.77. The van der Waals surface area contributed by atoms with Gasteiger partial charge in [-0.15, -0.1) is 0 Å². The summed E-state index contributed by atoms with van der Waals surface area (Å²) in [6, 6.07) is 5.64. The summed E-state index contributed by atoms with van der Waals surface area (Å²) < 4.78 is 29.1. The molecule has 0 unspecified atom stereocenters. The Kier molecular flexibility index (Phi) is 3.16. The second-order valence-electron chi connectivity index (χ2n) is 4.00. The van der Waals surface area contributed by atoms with Crippen molar-refractivity contribution in [3.8, 4) is 5.75 Å². The van der Waals surface area contributed by atoms with Gasteiger partial charge < -0.3 is 9.84 Å². The number of phenolic OH excluding ortho intramolecular Hbond substituents is 1. The van der Waals surface area contributed by atoms with E-state index in [0.29, 0.717) is 13.2 Å². The van der Waals surface area contributed by atoms with E-state index in [4.69, 9.17) is 9.84 Å². The minimum Gasteiger partial charge on any atom is -0.508 e. The van der Waals surface area contributed by atoms with Crippen LogP contribution in [0.4, 0.5) is 0 Å². The predicted octanol–water partition coefficient (Wildman–Crippen LogP) is 1.20. The third-order valence-corrected chi connectivity index (χ3v) is 4.58. The summed E-state index contributed by atoms with van der Waals surface area (Å²) in [4.78, 5) is 0.261. The van der Waals surface area contributed by atoms with Gasteiger partial charge in [-0.3, -0.25) is 0 Å². The molecule has 2 rings (SSSR count). The lowest BCUT2D eigenvalue weighted by Gasteiger charge is -2.08. The Balaban J connectivity index is 2.14. The summed E-state index contributed by atoms with van der Waals surface area (Å²) in [5.74, 6) is 0.291. The van der Waals surface area contributed by atoms with E-state index in [0.717, 1.165) is 6.42 Å². The lowest BCUT2D eigenvalue weighted by atomic mass is 10.2. The van der Waals surface area contributed by atoms with Crippen molar-refractivity contribution in [1.29, 1.82) is 0 Å². The van der Waals surface area contributed by atoms with Gasteiger partial charge in [-0.05, 0) is 36.6 Å². The van der Waals surface area contributed by atoms with Crippen LogP contribution in [0.15, 0.2) is 29.2 Å². The monoisotopic (exact) mass is 242 g/mol. The highest BCUT2D eigenvalue weighted by atomic mass is 32.2. The minimum absolute atomic E-state index is 0.0724. The Morgan fingerprint density at radius 2 is 2.00 bits per heavy atom. The first-order valence-corrected chi connectivity index (χ1v) is 6.83. The lowest BCUT2D eigenvalue weighted by molar-refractivity contribution is 0.188. The van der Waals surface area contributed by atoms with Gasteiger partial charge in [-0.25, -0.2) is 8.42 Å².